The highest BCUT2D eigenvalue weighted by Crippen LogP contribution is 2.36. The Balaban J connectivity index is 1.83. The maximum atomic E-state index is 3.52. The van der Waals surface area contributed by atoms with E-state index in [0.717, 1.165) is 24.5 Å². The SMILES string of the molecule is CCNCC1CCC1N1CCCC1CN(C)C. The minimum atomic E-state index is 0.819. The second-order valence-corrected chi connectivity index (χ2v) is 6.01. The van der Waals surface area contributed by atoms with Crippen molar-refractivity contribution in [2.75, 3.05) is 40.3 Å². The molecule has 2 aliphatic rings. The van der Waals surface area contributed by atoms with Crippen LogP contribution in [-0.4, -0.2) is 62.2 Å². The molecule has 1 N–H and O–H groups in total. The maximum absolute atomic E-state index is 3.52. The van der Waals surface area contributed by atoms with Crippen LogP contribution in [-0.2, 0) is 0 Å². The summed E-state index contributed by atoms with van der Waals surface area (Å²) >= 11 is 0. The summed E-state index contributed by atoms with van der Waals surface area (Å²) in [6, 6.07) is 1.70. The summed E-state index contributed by atoms with van der Waals surface area (Å²) in [5, 5.41) is 3.52. The molecule has 1 heterocycles. The fourth-order valence-electron chi connectivity index (χ4n) is 3.47. The molecule has 2 fully saturated rings. The number of nitrogens with zero attached hydrogens (tertiary/aromatic N) is 2. The molecule has 1 aliphatic heterocycles. The molecule has 100 valence electrons. The zero-order valence-electron chi connectivity index (χ0n) is 11.8. The van der Waals surface area contributed by atoms with Crippen molar-refractivity contribution >= 4 is 0 Å². The van der Waals surface area contributed by atoms with E-state index >= 15 is 0 Å². The summed E-state index contributed by atoms with van der Waals surface area (Å²) in [7, 11) is 4.40. The van der Waals surface area contributed by atoms with Crippen LogP contribution in [0, 0.1) is 5.92 Å². The van der Waals surface area contributed by atoms with Gasteiger partial charge in [0.15, 0.2) is 0 Å². The van der Waals surface area contributed by atoms with Gasteiger partial charge in [0.25, 0.3) is 0 Å². The largest absolute Gasteiger partial charge is 0.317 e. The first-order valence-corrected chi connectivity index (χ1v) is 7.33. The molecule has 1 aliphatic carbocycles. The Hall–Kier alpha value is -0.120. The van der Waals surface area contributed by atoms with Gasteiger partial charge in [-0.1, -0.05) is 6.92 Å². The molecule has 0 amide bonds. The third-order valence-corrected chi connectivity index (χ3v) is 4.46. The summed E-state index contributed by atoms with van der Waals surface area (Å²) in [4.78, 5) is 5.16. The van der Waals surface area contributed by atoms with E-state index < -0.39 is 0 Å². The lowest BCUT2D eigenvalue weighted by molar-refractivity contribution is 0.0439. The molecule has 1 saturated carbocycles. The van der Waals surface area contributed by atoms with Gasteiger partial charge in [-0.05, 0) is 65.3 Å². The Morgan fingerprint density at radius 2 is 2.06 bits per heavy atom. The molecule has 0 spiro atoms. The van der Waals surface area contributed by atoms with E-state index in [1.54, 1.807) is 0 Å². The molecule has 3 nitrogen and oxygen atoms in total. The first-order valence-electron chi connectivity index (χ1n) is 7.33. The van der Waals surface area contributed by atoms with Crippen molar-refractivity contribution in [3.05, 3.63) is 0 Å². The molecular formula is C14H29N3. The van der Waals surface area contributed by atoms with Crippen molar-refractivity contribution in [1.82, 2.24) is 15.1 Å². The van der Waals surface area contributed by atoms with Crippen LogP contribution in [0.4, 0.5) is 0 Å². The maximum Gasteiger partial charge on any atom is 0.0226 e. The van der Waals surface area contributed by atoms with Gasteiger partial charge in [0.1, 0.15) is 0 Å². The van der Waals surface area contributed by atoms with Crippen molar-refractivity contribution in [1.29, 1.82) is 0 Å². The van der Waals surface area contributed by atoms with Crippen LogP contribution >= 0.6 is 0 Å². The van der Waals surface area contributed by atoms with Crippen molar-refractivity contribution in [2.24, 2.45) is 5.92 Å². The average Bonchev–Trinajstić information content (AvgIpc) is 2.64. The standard InChI is InChI=1S/C14H29N3/c1-4-15-10-12-7-8-14(12)17-9-5-6-13(17)11-16(2)3/h12-15H,4-11H2,1-3H3. The van der Waals surface area contributed by atoms with Crippen LogP contribution in [0.2, 0.25) is 0 Å². The smallest absolute Gasteiger partial charge is 0.0226 e. The van der Waals surface area contributed by atoms with E-state index in [1.165, 1.54) is 45.3 Å². The van der Waals surface area contributed by atoms with Gasteiger partial charge >= 0.3 is 0 Å². The molecule has 0 aromatic heterocycles. The third-order valence-electron chi connectivity index (χ3n) is 4.46. The summed E-state index contributed by atoms with van der Waals surface area (Å²) in [5.41, 5.74) is 0. The lowest BCUT2D eigenvalue weighted by Gasteiger charge is -2.46. The van der Waals surface area contributed by atoms with Crippen molar-refractivity contribution in [2.45, 2.75) is 44.7 Å². The fourth-order valence-corrected chi connectivity index (χ4v) is 3.47. The van der Waals surface area contributed by atoms with Crippen LogP contribution in [0.25, 0.3) is 0 Å². The van der Waals surface area contributed by atoms with Gasteiger partial charge in [-0.3, -0.25) is 4.90 Å². The quantitative estimate of drug-likeness (QED) is 0.756. The number of rotatable bonds is 6. The molecule has 2 rings (SSSR count). The Morgan fingerprint density at radius 3 is 2.65 bits per heavy atom. The molecule has 0 aromatic carbocycles. The number of likely N-dealkylation sites (tertiary alicyclic amines) is 1. The molecule has 3 atom stereocenters. The van der Waals surface area contributed by atoms with Gasteiger partial charge in [-0.2, -0.15) is 0 Å². The molecule has 0 radical (unpaired) electrons. The normalized spacial score (nSPS) is 34.2. The van der Waals surface area contributed by atoms with Crippen LogP contribution in [0.15, 0.2) is 0 Å². The predicted octanol–water partition coefficient (Wildman–Crippen LogP) is 1.40. The molecule has 3 unspecified atom stereocenters. The molecule has 0 aromatic rings. The topological polar surface area (TPSA) is 18.5 Å². The van der Waals surface area contributed by atoms with Crippen LogP contribution in [0.3, 0.4) is 0 Å². The summed E-state index contributed by atoms with van der Waals surface area (Å²) in [6.07, 6.45) is 5.67. The summed E-state index contributed by atoms with van der Waals surface area (Å²) in [6.45, 7) is 7.13. The number of hydrogen-bond acceptors (Lipinski definition) is 3. The minimum absolute atomic E-state index is 0.819. The van der Waals surface area contributed by atoms with Gasteiger partial charge in [0, 0.05) is 18.6 Å². The van der Waals surface area contributed by atoms with Crippen molar-refractivity contribution in [3.63, 3.8) is 0 Å². The molecular weight excluding hydrogens is 210 g/mol. The first kappa shape index (κ1) is 13.3. The molecule has 3 heteroatoms. The van der Waals surface area contributed by atoms with E-state index in [1.807, 2.05) is 0 Å². The van der Waals surface area contributed by atoms with Crippen molar-refractivity contribution < 1.29 is 0 Å². The Labute approximate surface area is 107 Å². The number of likely N-dealkylation sites (N-methyl/N-ethyl adjacent to an activating group) is 1. The second-order valence-electron chi connectivity index (χ2n) is 6.01. The van der Waals surface area contributed by atoms with E-state index in [2.05, 4.69) is 36.1 Å². The highest BCUT2D eigenvalue weighted by molar-refractivity contribution is 4.95. The van der Waals surface area contributed by atoms with Gasteiger partial charge in [-0.15, -0.1) is 0 Å². The first-order chi connectivity index (χ1) is 8.22. The predicted molar refractivity (Wildman–Crippen MR) is 73.3 cm³/mol. The van der Waals surface area contributed by atoms with Crippen molar-refractivity contribution in [3.8, 4) is 0 Å². The summed E-state index contributed by atoms with van der Waals surface area (Å²) < 4.78 is 0. The molecule has 17 heavy (non-hydrogen) atoms. The third kappa shape index (κ3) is 3.21. The monoisotopic (exact) mass is 239 g/mol. The van der Waals surface area contributed by atoms with Gasteiger partial charge < -0.3 is 10.2 Å². The van der Waals surface area contributed by atoms with E-state index in [4.69, 9.17) is 0 Å². The van der Waals surface area contributed by atoms with Gasteiger partial charge in [0.05, 0.1) is 0 Å². The zero-order valence-corrected chi connectivity index (χ0v) is 11.8. The Morgan fingerprint density at radius 1 is 1.24 bits per heavy atom. The lowest BCUT2D eigenvalue weighted by atomic mass is 9.78. The summed E-state index contributed by atoms with van der Waals surface area (Å²) in [5.74, 6) is 0.915. The highest BCUT2D eigenvalue weighted by atomic mass is 15.3. The van der Waals surface area contributed by atoms with Gasteiger partial charge in [-0.25, -0.2) is 0 Å². The van der Waals surface area contributed by atoms with Crippen LogP contribution in [0.5, 0.6) is 0 Å². The average molecular weight is 239 g/mol. The number of nitrogens with one attached hydrogen (secondary N) is 1. The van der Waals surface area contributed by atoms with Crippen LogP contribution in [0.1, 0.15) is 32.6 Å². The lowest BCUT2D eigenvalue weighted by Crippen LogP contribution is -2.53. The fraction of sp³-hybridized carbons (Fsp3) is 1.00. The minimum Gasteiger partial charge on any atom is -0.317 e. The van der Waals surface area contributed by atoms with E-state index in [-0.39, 0.29) is 0 Å². The molecule has 1 saturated heterocycles. The van der Waals surface area contributed by atoms with Crippen LogP contribution < -0.4 is 5.32 Å². The van der Waals surface area contributed by atoms with Gasteiger partial charge in [0.2, 0.25) is 0 Å². The second kappa shape index (κ2) is 6.17. The number of hydrogen-bond donors (Lipinski definition) is 1. The molecule has 0 bridgehead atoms. The van der Waals surface area contributed by atoms with E-state index in [9.17, 15) is 0 Å². The van der Waals surface area contributed by atoms with E-state index in [0.29, 0.717) is 0 Å². The Bertz CT molecular complexity index is 230. The Kier molecular flexibility index (Phi) is 4.83. The zero-order chi connectivity index (χ0) is 12.3. The highest BCUT2D eigenvalue weighted by Gasteiger charge is 2.39.